The second kappa shape index (κ2) is 7.79. The second-order valence-corrected chi connectivity index (χ2v) is 6.96. The number of nitrogens with zero attached hydrogens (tertiary/aromatic N) is 3. The number of aromatic nitrogens is 2. The lowest BCUT2D eigenvalue weighted by atomic mass is 10.1. The van der Waals surface area contributed by atoms with Crippen molar-refractivity contribution in [3.8, 4) is 0 Å². The van der Waals surface area contributed by atoms with Gasteiger partial charge >= 0.3 is 6.09 Å². The third-order valence-electron chi connectivity index (χ3n) is 4.08. The van der Waals surface area contributed by atoms with E-state index in [9.17, 15) is 9.18 Å². The van der Waals surface area contributed by atoms with E-state index in [4.69, 9.17) is 9.15 Å². The Labute approximate surface area is 159 Å². The first kappa shape index (κ1) is 17.5. The number of benzene rings is 2. The van der Waals surface area contributed by atoms with Gasteiger partial charge < -0.3 is 9.15 Å². The summed E-state index contributed by atoms with van der Waals surface area (Å²) >= 11 is 1.31. The van der Waals surface area contributed by atoms with Crippen LogP contribution in [-0.2, 0) is 11.2 Å². The molecule has 0 N–H and O–H groups in total. The normalized spacial score (nSPS) is 16.6. The molecule has 1 atom stereocenters. The maximum atomic E-state index is 13.7. The lowest BCUT2D eigenvalue weighted by Gasteiger charge is -2.12. The van der Waals surface area contributed by atoms with Gasteiger partial charge in [-0.3, -0.25) is 4.90 Å². The molecule has 0 unspecified atom stereocenters. The minimum absolute atomic E-state index is 0.237. The molecule has 1 saturated heterocycles. The zero-order valence-electron chi connectivity index (χ0n) is 14.2. The zero-order chi connectivity index (χ0) is 18.6. The van der Waals surface area contributed by atoms with Gasteiger partial charge in [-0.1, -0.05) is 48.2 Å². The van der Waals surface area contributed by atoms with Gasteiger partial charge in [0.15, 0.2) is 0 Å². The molecule has 1 fully saturated rings. The van der Waals surface area contributed by atoms with Crippen molar-refractivity contribution in [2.75, 3.05) is 17.2 Å². The molecule has 0 radical (unpaired) electrons. The van der Waals surface area contributed by atoms with Crippen LogP contribution < -0.4 is 4.90 Å². The minimum atomic E-state index is -0.363. The largest absolute Gasteiger partial charge is 0.443 e. The maximum absolute atomic E-state index is 13.7. The number of carbonyl (C=O) groups is 1. The zero-order valence-corrected chi connectivity index (χ0v) is 15.1. The van der Waals surface area contributed by atoms with Gasteiger partial charge in [-0.2, -0.15) is 0 Å². The molecule has 138 valence electrons. The van der Waals surface area contributed by atoms with Crippen molar-refractivity contribution in [1.82, 2.24) is 10.2 Å². The summed E-state index contributed by atoms with van der Waals surface area (Å²) < 4.78 is 24.7. The monoisotopic (exact) mass is 385 g/mol. The summed E-state index contributed by atoms with van der Waals surface area (Å²) in [5, 5.41) is 8.29. The number of anilines is 1. The van der Waals surface area contributed by atoms with Crippen LogP contribution in [0.25, 0.3) is 0 Å². The fourth-order valence-corrected chi connectivity index (χ4v) is 3.52. The molecule has 0 saturated carbocycles. The fourth-order valence-electron chi connectivity index (χ4n) is 2.76. The molecule has 0 aliphatic carbocycles. The van der Waals surface area contributed by atoms with Crippen LogP contribution in [0.5, 0.6) is 0 Å². The summed E-state index contributed by atoms with van der Waals surface area (Å²) in [7, 11) is 0. The minimum Gasteiger partial charge on any atom is -0.443 e. The van der Waals surface area contributed by atoms with Crippen molar-refractivity contribution in [2.45, 2.75) is 17.7 Å². The predicted molar refractivity (Wildman–Crippen MR) is 98.3 cm³/mol. The highest BCUT2D eigenvalue weighted by atomic mass is 32.2. The van der Waals surface area contributed by atoms with Crippen LogP contribution >= 0.6 is 11.8 Å². The number of hydrogen-bond donors (Lipinski definition) is 0. The molecule has 3 aromatic rings. The smallest absolute Gasteiger partial charge is 0.414 e. The Hall–Kier alpha value is -2.87. The van der Waals surface area contributed by atoms with E-state index < -0.39 is 0 Å². The van der Waals surface area contributed by atoms with E-state index in [1.165, 1.54) is 17.8 Å². The van der Waals surface area contributed by atoms with Gasteiger partial charge in [-0.15, -0.1) is 10.2 Å². The molecule has 1 aliphatic heterocycles. The SMILES string of the molecule is O=C1O[C@H](CSc2nnc(Cc3ccccc3F)o2)CN1c1ccccc1. The number of carbonyl (C=O) groups excluding carboxylic acids is 1. The number of cyclic esters (lactones) is 1. The topological polar surface area (TPSA) is 68.5 Å². The number of rotatable bonds is 6. The van der Waals surface area contributed by atoms with Gasteiger partial charge in [0.05, 0.1) is 13.0 Å². The van der Waals surface area contributed by atoms with Crippen LogP contribution in [0.15, 0.2) is 64.2 Å². The molecule has 1 aromatic heterocycles. The number of amides is 1. The molecule has 1 aliphatic rings. The van der Waals surface area contributed by atoms with Crippen molar-refractivity contribution < 1.29 is 18.3 Å². The van der Waals surface area contributed by atoms with Crippen molar-refractivity contribution in [2.24, 2.45) is 0 Å². The number of ether oxygens (including phenoxy) is 1. The van der Waals surface area contributed by atoms with Gasteiger partial charge in [-0.25, -0.2) is 9.18 Å². The highest BCUT2D eigenvalue weighted by Gasteiger charge is 2.32. The average Bonchev–Trinajstić information content (AvgIpc) is 3.29. The molecule has 6 nitrogen and oxygen atoms in total. The summed E-state index contributed by atoms with van der Waals surface area (Å²) in [5.74, 6) is 0.539. The Bertz CT molecular complexity index is 935. The van der Waals surface area contributed by atoms with E-state index in [-0.39, 0.29) is 24.4 Å². The summed E-state index contributed by atoms with van der Waals surface area (Å²) in [5.41, 5.74) is 1.31. The third-order valence-corrected chi connectivity index (χ3v) is 5.03. The van der Waals surface area contributed by atoms with Crippen LogP contribution in [0.4, 0.5) is 14.9 Å². The Morgan fingerprint density at radius 1 is 1.11 bits per heavy atom. The van der Waals surface area contributed by atoms with Crippen LogP contribution in [0.2, 0.25) is 0 Å². The molecular weight excluding hydrogens is 369 g/mol. The quantitative estimate of drug-likeness (QED) is 0.599. The summed E-state index contributed by atoms with van der Waals surface area (Å²) in [6, 6.07) is 15.9. The second-order valence-electron chi connectivity index (χ2n) is 5.99. The van der Waals surface area contributed by atoms with Gasteiger partial charge in [0.25, 0.3) is 5.22 Å². The molecule has 4 rings (SSSR count). The van der Waals surface area contributed by atoms with Gasteiger partial charge in [0.2, 0.25) is 5.89 Å². The number of thioether (sulfide) groups is 1. The Morgan fingerprint density at radius 2 is 1.89 bits per heavy atom. The van der Waals surface area contributed by atoms with Crippen molar-refractivity contribution >= 4 is 23.5 Å². The first-order valence-corrected chi connectivity index (χ1v) is 9.39. The van der Waals surface area contributed by atoms with Crippen LogP contribution in [0, 0.1) is 5.82 Å². The van der Waals surface area contributed by atoms with Crippen molar-refractivity contribution in [1.29, 1.82) is 0 Å². The number of halogens is 1. The van der Waals surface area contributed by atoms with E-state index in [1.54, 1.807) is 23.1 Å². The molecule has 1 amide bonds. The lowest BCUT2D eigenvalue weighted by Crippen LogP contribution is -2.24. The molecular formula is C19H16FN3O3S. The Balaban J connectivity index is 1.33. The van der Waals surface area contributed by atoms with E-state index in [0.29, 0.717) is 29.0 Å². The van der Waals surface area contributed by atoms with E-state index >= 15 is 0 Å². The average molecular weight is 385 g/mol. The van der Waals surface area contributed by atoms with Crippen molar-refractivity contribution in [3.63, 3.8) is 0 Å². The first-order valence-electron chi connectivity index (χ1n) is 8.41. The standard InChI is InChI=1S/C19H16FN3O3S/c20-16-9-5-4-6-13(16)10-17-21-22-18(26-17)27-12-15-11-23(19(24)25-15)14-7-2-1-3-8-14/h1-9,15H,10-12H2/t15-/m0/s1. The molecule has 8 heteroatoms. The Morgan fingerprint density at radius 3 is 2.70 bits per heavy atom. The molecule has 27 heavy (non-hydrogen) atoms. The maximum Gasteiger partial charge on any atom is 0.414 e. The van der Waals surface area contributed by atoms with Gasteiger partial charge in [0, 0.05) is 11.4 Å². The van der Waals surface area contributed by atoms with Crippen molar-refractivity contribution in [3.05, 3.63) is 71.9 Å². The van der Waals surface area contributed by atoms with E-state index in [0.717, 1.165) is 5.69 Å². The predicted octanol–water partition coefficient (Wildman–Crippen LogP) is 3.92. The summed E-state index contributed by atoms with van der Waals surface area (Å²) in [4.78, 5) is 13.6. The summed E-state index contributed by atoms with van der Waals surface area (Å²) in [6.45, 7) is 0.464. The lowest BCUT2D eigenvalue weighted by molar-refractivity contribution is 0.151. The highest BCUT2D eigenvalue weighted by molar-refractivity contribution is 7.99. The van der Waals surface area contributed by atoms with Crippen LogP contribution in [0.3, 0.4) is 0 Å². The highest BCUT2D eigenvalue weighted by Crippen LogP contribution is 2.26. The molecule has 0 spiro atoms. The van der Waals surface area contributed by atoms with Crippen LogP contribution in [0.1, 0.15) is 11.5 Å². The molecule has 0 bridgehead atoms. The fraction of sp³-hybridized carbons (Fsp3) is 0.211. The molecule has 2 heterocycles. The molecule has 2 aromatic carbocycles. The van der Waals surface area contributed by atoms with E-state index in [2.05, 4.69) is 10.2 Å². The Kier molecular flexibility index (Phi) is 5.06. The van der Waals surface area contributed by atoms with Gasteiger partial charge in [-0.05, 0) is 23.8 Å². The van der Waals surface area contributed by atoms with Gasteiger partial charge in [0.1, 0.15) is 11.9 Å². The summed E-state index contributed by atoms with van der Waals surface area (Å²) in [6.07, 6.45) is -0.400. The van der Waals surface area contributed by atoms with Crippen LogP contribution in [-0.4, -0.2) is 34.7 Å². The van der Waals surface area contributed by atoms with E-state index in [1.807, 2.05) is 30.3 Å². The third kappa shape index (κ3) is 4.11. The number of para-hydroxylation sites is 1. The first-order chi connectivity index (χ1) is 13.2. The number of hydrogen-bond acceptors (Lipinski definition) is 6.